The van der Waals surface area contributed by atoms with E-state index in [-0.39, 0.29) is 17.3 Å². The predicted octanol–water partition coefficient (Wildman–Crippen LogP) is 2.95. The number of hydrogen-bond acceptors (Lipinski definition) is 10. The molecule has 3 N–H and O–H groups in total. The van der Waals surface area contributed by atoms with Gasteiger partial charge in [-0.25, -0.2) is 10.1 Å². The Hall–Kier alpha value is -3.90. The third-order valence-corrected chi connectivity index (χ3v) is 5.61. The maximum absolute atomic E-state index is 12.8. The first kappa shape index (κ1) is 22.3. The summed E-state index contributed by atoms with van der Waals surface area (Å²) in [4.78, 5) is 13.8. The van der Waals surface area contributed by atoms with E-state index in [1.807, 2.05) is 30.3 Å². The van der Waals surface area contributed by atoms with Gasteiger partial charge in [0.15, 0.2) is 5.69 Å². The number of halogens is 1. The van der Waals surface area contributed by atoms with Crippen molar-refractivity contribution in [2.24, 2.45) is 5.10 Å². The lowest BCUT2D eigenvalue weighted by Gasteiger charge is -2.06. The van der Waals surface area contributed by atoms with Crippen molar-refractivity contribution >= 4 is 41.3 Å². The summed E-state index contributed by atoms with van der Waals surface area (Å²) in [5.41, 5.74) is 9.51. The number of hydrazone groups is 1. The number of rotatable bonds is 8. The van der Waals surface area contributed by atoms with Crippen LogP contribution < -0.4 is 15.9 Å². The van der Waals surface area contributed by atoms with Crippen molar-refractivity contribution in [2.45, 2.75) is 10.6 Å². The second-order valence-corrected chi connectivity index (χ2v) is 7.97. The van der Waals surface area contributed by atoms with Gasteiger partial charge in [-0.05, 0) is 52.3 Å². The van der Waals surface area contributed by atoms with Gasteiger partial charge in [-0.15, -0.1) is 16.9 Å². The number of amides is 1. The molecule has 0 fully saturated rings. The van der Waals surface area contributed by atoms with E-state index in [1.54, 1.807) is 25.3 Å². The molecule has 13 heteroatoms. The summed E-state index contributed by atoms with van der Waals surface area (Å²) in [5.74, 6) is 0.591. The third kappa shape index (κ3) is 5.30. The van der Waals surface area contributed by atoms with Crippen molar-refractivity contribution in [3.05, 3.63) is 70.5 Å². The van der Waals surface area contributed by atoms with Crippen LogP contribution in [-0.4, -0.2) is 44.5 Å². The van der Waals surface area contributed by atoms with E-state index in [4.69, 9.17) is 22.1 Å². The molecule has 0 radical (unpaired) electrons. The summed E-state index contributed by atoms with van der Waals surface area (Å²) in [6.07, 6.45) is 1.49. The number of ether oxygens (including phenoxy) is 1. The maximum Gasteiger partial charge on any atom is 0.293 e. The van der Waals surface area contributed by atoms with Gasteiger partial charge in [0.1, 0.15) is 5.75 Å². The van der Waals surface area contributed by atoms with Gasteiger partial charge in [0.25, 0.3) is 5.91 Å². The highest BCUT2D eigenvalue weighted by Gasteiger charge is 2.24. The van der Waals surface area contributed by atoms with Gasteiger partial charge in [-0.2, -0.15) is 9.78 Å². The van der Waals surface area contributed by atoms with E-state index in [2.05, 4.69) is 35.8 Å². The molecule has 0 saturated carbocycles. The number of carbonyl (C=O) groups is 1. The van der Waals surface area contributed by atoms with E-state index in [1.165, 1.54) is 22.7 Å². The number of nitrogens with two attached hydrogens (primary N) is 1. The molecule has 0 saturated heterocycles. The SMILES string of the molecule is COc1cccc(C=NNC(=O)c2nnn(-c3nonc3N)c2CSc2ccc(Cl)cc2)c1. The topological polar surface area (TPSA) is 146 Å². The average molecular weight is 485 g/mol. The van der Waals surface area contributed by atoms with Crippen molar-refractivity contribution in [3.63, 3.8) is 0 Å². The standard InChI is InChI=1S/C20H17ClN8O3S/c1-31-14-4-2-3-12(9-14)10-23-25-20(30)17-16(11-33-15-7-5-13(21)6-8-15)29(28-24-17)19-18(22)26-32-27-19/h2-10H,11H2,1H3,(H2,22,26)(H,25,30). The van der Waals surface area contributed by atoms with Gasteiger partial charge in [0.05, 0.1) is 19.0 Å². The van der Waals surface area contributed by atoms with Gasteiger partial charge < -0.3 is 10.5 Å². The van der Waals surface area contributed by atoms with Crippen LogP contribution in [0, 0.1) is 0 Å². The molecular weight excluding hydrogens is 468 g/mol. The number of benzene rings is 2. The van der Waals surface area contributed by atoms with Gasteiger partial charge >= 0.3 is 0 Å². The summed E-state index contributed by atoms with van der Waals surface area (Å²) in [5, 5.41) is 20.0. The summed E-state index contributed by atoms with van der Waals surface area (Å²) in [7, 11) is 1.57. The Kier molecular flexibility index (Phi) is 6.86. The van der Waals surface area contributed by atoms with Crippen LogP contribution in [0.4, 0.5) is 5.82 Å². The quantitative estimate of drug-likeness (QED) is 0.219. The molecular formula is C20H17ClN8O3S. The van der Waals surface area contributed by atoms with E-state index in [9.17, 15) is 4.79 Å². The second-order valence-electron chi connectivity index (χ2n) is 6.49. The largest absolute Gasteiger partial charge is 0.497 e. The smallest absolute Gasteiger partial charge is 0.293 e. The summed E-state index contributed by atoms with van der Waals surface area (Å²) < 4.78 is 11.2. The Morgan fingerprint density at radius 3 is 2.85 bits per heavy atom. The third-order valence-electron chi connectivity index (χ3n) is 4.34. The molecule has 0 spiro atoms. The first-order valence-corrected chi connectivity index (χ1v) is 10.8. The Morgan fingerprint density at radius 1 is 1.30 bits per heavy atom. The maximum atomic E-state index is 12.8. The van der Waals surface area contributed by atoms with Crippen molar-refractivity contribution in [1.82, 2.24) is 30.7 Å². The van der Waals surface area contributed by atoms with Gasteiger partial charge in [0, 0.05) is 15.7 Å². The van der Waals surface area contributed by atoms with Crippen LogP contribution in [0.25, 0.3) is 5.82 Å². The second kappa shape index (κ2) is 10.1. The number of nitrogens with zero attached hydrogens (tertiary/aromatic N) is 6. The van der Waals surface area contributed by atoms with Crippen LogP contribution >= 0.6 is 23.4 Å². The lowest BCUT2D eigenvalue weighted by Crippen LogP contribution is -2.20. The van der Waals surface area contributed by atoms with Crippen LogP contribution in [0.15, 0.2) is 63.2 Å². The normalized spacial score (nSPS) is 11.1. The van der Waals surface area contributed by atoms with Crippen LogP contribution in [-0.2, 0) is 5.75 Å². The Labute approximate surface area is 196 Å². The number of thioether (sulfide) groups is 1. The van der Waals surface area contributed by atoms with Gasteiger partial charge in [-0.3, -0.25) is 4.79 Å². The molecule has 2 aromatic heterocycles. The highest BCUT2D eigenvalue weighted by Crippen LogP contribution is 2.27. The fraction of sp³-hybridized carbons (Fsp3) is 0.100. The molecule has 168 valence electrons. The van der Waals surface area contributed by atoms with Gasteiger partial charge in [-0.1, -0.05) is 28.9 Å². The van der Waals surface area contributed by atoms with Crippen LogP contribution in [0.2, 0.25) is 5.02 Å². The molecule has 4 aromatic rings. The summed E-state index contributed by atoms with van der Waals surface area (Å²) in [6, 6.07) is 14.5. The van der Waals surface area contributed by atoms with Crippen LogP contribution in [0.1, 0.15) is 21.7 Å². The number of nitrogens with one attached hydrogen (secondary N) is 1. The molecule has 1 amide bonds. The zero-order valence-electron chi connectivity index (χ0n) is 17.2. The van der Waals surface area contributed by atoms with Crippen LogP contribution in [0.3, 0.4) is 0 Å². The number of carbonyl (C=O) groups excluding carboxylic acids is 1. The van der Waals surface area contributed by atoms with E-state index in [0.29, 0.717) is 22.2 Å². The molecule has 4 rings (SSSR count). The van der Waals surface area contributed by atoms with E-state index < -0.39 is 5.91 Å². The highest BCUT2D eigenvalue weighted by atomic mass is 35.5. The number of anilines is 1. The lowest BCUT2D eigenvalue weighted by atomic mass is 10.2. The first-order valence-electron chi connectivity index (χ1n) is 9.44. The molecule has 33 heavy (non-hydrogen) atoms. The fourth-order valence-electron chi connectivity index (χ4n) is 2.74. The zero-order chi connectivity index (χ0) is 23.2. The minimum Gasteiger partial charge on any atom is -0.497 e. The van der Waals surface area contributed by atoms with Crippen molar-refractivity contribution in [1.29, 1.82) is 0 Å². The summed E-state index contributed by atoms with van der Waals surface area (Å²) >= 11 is 7.40. The number of hydrogen-bond donors (Lipinski definition) is 2. The van der Waals surface area contributed by atoms with E-state index in [0.717, 1.165) is 10.5 Å². The van der Waals surface area contributed by atoms with Crippen molar-refractivity contribution in [3.8, 4) is 11.6 Å². The molecule has 2 heterocycles. The number of nitrogen functional groups attached to an aromatic ring is 1. The minimum atomic E-state index is -0.554. The lowest BCUT2D eigenvalue weighted by molar-refractivity contribution is 0.0949. The average Bonchev–Trinajstić information content (AvgIpc) is 3.44. The molecule has 0 unspecified atom stereocenters. The molecule has 0 atom stereocenters. The highest BCUT2D eigenvalue weighted by molar-refractivity contribution is 7.98. The summed E-state index contributed by atoms with van der Waals surface area (Å²) in [6.45, 7) is 0. The van der Waals surface area contributed by atoms with Crippen molar-refractivity contribution in [2.75, 3.05) is 12.8 Å². The Morgan fingerprint density at radius 2 is 2.12 bits per heavy atom. The Balaban J connectivity index is 1.56. The Bertz CT molecular complexity index is 1290. The molecule has 0 aliphatic carbocycles. The molecule has 2 aromatic carbocycles. The molecule has 0 aliphatic rings. The van der Waals surface area contributed by atoms with E-state index >= 15 is 0 Å². The monoisotopic (exact) mass is 484 g/mol. The zero-order valence-corrected chi connectivity index (χ0v) is 18.7. The minimum absolute atomic E-state index is 0.0145. The first-order chi connectivity index (χ1) is 16.0. The molecule has 0 bridgehead atoms. The number of methoxy groups -OCH3 is 1. The van der Waals surface area contributed by atoms with Crippen molar-refractivity contribution < 1.29 is 14.2 Å². The molecule has 0 aliphatic heterocycles. The predicted molar refractivity (Wildman–Crippen MR) is 123 cm³/mol. The van der Waals surface area contributed by atoms with Gasteiger partial charge in [0.2, 0.25) is 11.6 Å². The fourth-order valence-corrected chi connectivity index (χ4v) is 3.76. The van der Waals surface area contributed by atoms with Crippen LogP contribution in [0.5, 0.6) is 5.75 Å². The molecule has 11 nitrogen and oxygen atoms in total. The number of aromatic nitrogens is 5.